The van der Waals surface area contributed by atoms with E-state index >= 15 is 0 Å². The number of anilines is 1. The van der Waals surface area contributed by atoms with E-state index in [-0.39, 0.29) is 34.4 Å². The second kappa shape index (κ2) is 10.4. The molecular formula is C24H32BrN3O4S. The molecule has 0 aromatic heterocycles. The normalized spacial score (nSPS) is 32.2. The molecule has 2 bridgehead atoms. The van der Waals surface area contributed by atoms with Crippen molar-refractivity contribution < 1.29 is 19.5 Å². The molecule has 4 rings (SSSR count). The van der Waals surface area contributed by atoms with Crippen molar-refractivity contribution in [2.75, 3.05) is 25.0 Å². The van der Waals surface area contributed by atoms with Crippen LogP contribution in [0.25, 0.3) is 0 Å². The number of aliphatic hydroxyl groups excluding tert-OH is 1. The maximum atomic E-state index is 13.8. The van der Waals surface area contributed by atoms with E-state index in [9.17, 15) is 19.5 Å². The van der Waals surface area contributed by atoms with Crippen LogP contribution in [0.4, 0.5) is 5.69 Å². The van der Waals surface area contributed by atoms with Crippen LogP contribution in [0.3, 0.4) is 0 Å². The number of hydrogen-bond donors (Lipinski definition) is 3. The summed E-state index contributed by atoms with van der Waals surface area (Å²) >= 11 is 5.42. The van der Waals surface area contributed by atoms with E-state index in [4.69, 9.17) is 0 Å². The van der Waals surface area contributed by atoms with Crippen LogP contribution in [-0.4, -0.2) is 68.3 Å². The Kier molecular flexibility index (Phi) is 7.70. The molecule has 3 heterocycles. The highest BCUT2D eigenvalue weighted by Crippen LogP contribution is 2.67. The van der Waals surface area contributed by atoms with Gasteiger partial charge in [0.05, 0.1) is 16.6 Å². The lowest BCUT2D eigenvalue weighted by Gasteiger charge is -2.35. The first-order chi connectivity index (χ1) is 15.9. The third-order valence-corrected chi connectivity index (χ3v) is 10.2. The molecule has 3 fully saturated rings. The molecule has 3 unspecified atom stereocenters. The van der Waals surface area contributed by atoms with E-state index in [2.05, 4.69) is 33.5 Å². The first kappa shape index (κ1) is 24.5. The summed E-state index contributed by atoms with van der Waals surface area (Å²) in [7, 11) is 0. The number of benzene rings is 1. The van der Waals surface area contributed by atoms with Gasteiger partial charge in [-0.05, 0) is 37.8 Å². The third-order valence-electron chi connectivity index (χ3n) is 7.02. The van der Waals surface area contributed by atoms with Gasteiger partial charge in [0.1, 0.15) is 6.04 Å². The molecule has 3 N–H and O–H groups in total. The number of aliphatic hydroxyl groups is 1. The summed E-state index contributed by atoms with van der Waals surface area (Å²) in [6.07, 6.45) is 3.72. The zero-order chi connectivity index (χ0) is 23.6. The van der Waals surface area contributed by atoms with Gasteiger partial charge in [-0.25, -0.2) is 0 Å². The quantitative estimate of drug-likeness (QED) is 0.315. The molecular weight excluding hydrogens is 506 g/mol. The van der Waals surface area contributed by atoms with Gasteiger partial charge in [0.15, 0.2) is 0 Å². The fourth-order valence-corrected chi connectivity index (χ4v) is 9.21. The van der Waals surface area contributed by atoms with Crippen LogP contribution in [0.15, 0.2) is 30.3 Å². The van der Waals surface area contributed by atoms with E-state index in [0.717, 1.165) is 12.8 Å². The Labute approximate surface area is 207 Å². The molecule has 0 radical (unpaired) electrons. The van der Waals surface area contributed by atoms with E-state index in [1.165, 1.54) is 0 Å². The smallest absolute Gasteiger partial charge is 0.244 e. The predicted molar refractivity (Wildman–Crippen MR) is 133 cm³/mol. The Bertz CT molecular complexity index is 888. The molecule has 1 aromatic carbocycles. The number of thioether (sulfide) groups is 1. The van der Waals surface area contributed by atoms with E-state index in [0.29, 0.717) is 38.0 Å². The summed E-state index contributed by atoms with van der Waals surface area (Å²) in [4.78, 5) is 42.4. The number of fused-ring (bicyclic) bond motifs is 1. The standard InChI is InChI=1S/C24H32BrN3O4S/c1-2-3-11-26-22(31)20-24-14-16(25)19(33-24)17(21(30)27-15-9-5-4-6-10-15)18(24)23(32)28(20)12-7-8-13-29/h4-6,9-10,16-20,29H,2-3,7-8,11-14H2,1H3,(H,26,31)(H,27,30)/t16?,17-,18-,19-,20?,24?/m0/s1. The molecule has 3 aliphatic rings. The van der Waals surface area contributed by atoms with Crippen molar-refractivity contribution >= 4 is 51.1 Å². The number of halogens is 1. The van der Waals surface area contributed by atoms with Gasteiger partial charge >= 0.3 is 0 Å². The van der Waals surface area contributed by atoms with Gasteiger partial charge in [-0.2, -0.15) is 0 Å². The summed E-state index contributed by atoms with van der Waals surface area (Å²) < 4.78 is -0.621. The number of para-hydroxylation sites is 1. The molecule has 3 amide bonds. The molecule has 7 nitrogen and oxygen atoms in total. The number of carbonyl (C=O) groups excluding carboxylic acids is 3. The van der Waals surface area contributed by atoms with Crippen LogP contribution >= 0.6 is 27.7 Å². The minimum atomic E-state index is -0.621. The Morgan fingerprint density at radius 2 is 1.97 bits per heavy atom. The third kappa shape index (κ3) is 4.44. The zero-order valence-corrected chi connectivity index (χ0v) is 21.2. The lowest BCUT2D eigenvalue weighted by atomic mass is 9.70. The molecule has 33 heavy (non-hydrogen) atoms. The number of unbranched alkanes of at least 4 members (excludes halogenated alkanes) is 2. The molecule has 6 atom stereocenters. The predicted octanol–water partition coefficient (Wildman–Crippen LogP) is 2.78. The largest absolute Gasteiger partial charge is 0.396 e. The van der Waals surface area contributed by atoms with Crippen LogP contribution in [0.1, 0.15) is 39.0 Å². The Morgan fingerprint density at radius 1 is 1.21 bits per heavy atom. The molecule has 3 aliphatic heterocycles. The molecule has 1 spiro atoms. The minimum Gasteiger partial charge on any atom is -0.396 e. The summed E-state index contributed by atoms with van der Waals surface area (Å²) in [6, 6.07) is 8.68. The summed E-state index contributed by atoms with van der Waals surface area (Å²) in [5.74, 6) is -1.42. The van der Waals surface area contributed by atoms with E-state index in [1.807, 2.05) is 30.3 Å². The number of amides is 3. The second-order valence-corrected chi connectivity index (χ2v) is 11.8. The monoisotopic (exact) mass is 537 g/mol. The lowest BCUT2D eigenvalue weighted by Crippen LogP contribution is -2.54. The maximum Gasteiger partial charge on any atom is 0.244 e. The molecule has 3 saturated heterocycles. The highest BCUT2D eigenvalue weighted by molar-refractivity contribution is 9.09. The van der Waals surface area contributed by atoms with Gasteiger partial charge in [-0.3, -0.25) is 14.4 Å². The van der Waals surface area contributed by atoms with Crippen LogP contribution in [0.5, 0.6) is 0 Å². The number of nitrogens with one attached hydrogen (secondary N) is 2. The van der Waals surface area contributed by atoms with Gasteiger partial charge in [0.25, 0.3) is 0 Å². The number of alkyl halides is 1. The van der Waals surface area contributed by atoms with Gasteiger partial charge in [-0.15, -0.1) is 11.8 Å². The molecule has 1 aromatic rings. The van der Waals surface area contributed by atoms with Crippen molar-refractivity contribution in [2.24, 2.45) is 11.8 Å². The van der Waals surface area contributed by atoms with Crippen LogP contribution in [0.2, 0.25) is 0 Å². The highest BCUT2D eigenvalue weighted by Gasteiger charge is 2.75. The Hall–Kier alpha value is -1.58. The lowest BCUT2D eigenvalue weighted by molar-refractivity contribution is -0.139. The van der Waals surface area contributed by atoms with Crippen LogP contribution in [0, 0.1) is 11.8 Å². The van der Waals surface area contributed by atoms with Crippen molar-refractivity contribution in [1.82, 2.24) is 10.2 Å². The Balaban J connectivity index is 1.64. The SMILES string of the molecule is CCCCNC(=O)C1N(CCCCO)C(=O)[C@@H]2[C@H](C(=O)Nc3ccccc3)[C@H]3SC12CC3Br. The Morgan fingerprint density at radius 3 is 2.67 bits per heavy atom. The van der Waals surface area contributed by atoms with Gasteiger partial charge in [0, 0.05) is 35.5 Å². The molecule has 9 heteroatoms. The number of rotatable bonds is 10. The van der Waals surface area contributed by atoms with Crippen molar-refractivity contribution in [2.45, 2.75) is 59.9 Å². The van der Waals surface area contributed by atoms with Crippen molar-refractivity contribution in [3.05, 3.63) is 30.3 Å². The maximum absolute atomic E-state index is 13.8. The highest BCUT2D eigenvalue weighted by atomic mass is 79.9. The fourth-order valence-electron chi connectivity index (χ4n) is 5.60. The summed E-state index contributed by atoms with van der Waals surface area (Å²) in [5, 5.41) is 15.2. The van der Waals surface area contributed by atoms with Gasteiger partial charge < -0.3 is 20.6 Å². The summed E-state index contributed by atoms with van der Waals surface area (Å²) in [5.41, 5.74) is 0.703. The summed E-state index contributed by atoms with van der Waals surface area (Å²) in [6.45, 7) is 3.11. The molecule has 0 saturated carbocycles. The first-order valence-electron chi connectivity index (χ1n) is 11.8. The van der Waals surface area contributed by atoms with Crippen LogP contribution < -0.4 is 10.6 Å². The van der Waals surface area contributed by atoms with E-state index < -0.39 is 22.6 Å². The molecule has 180 valence electrons. The van der Waals surface area contributed by atoms with Crippen molar-refractivity contribution in [1.29, 1.82) is 0 Å². The van der Waals surface area contributed by atoms with E-state index in [1.54, 1.807) is 16.7 Å². The average molecular weight is 539 g/mol. The van der Waals surface area contributed by atoms with Crippen molar-refractivity contribution in [3.63, 3.8) is 0 Å². The van der Waals surface area contributed by atoms with Gasteiger partial charge in [0.2, 0.25) is 17.7 Å². The number of carbonyl (C=O) groups is 3. The first-order valence-corrected chi connectivity index (χ1v) is 13.6. The topological polar surface area (TPSA) is 98.7 Å². The number of likely N-dealkylation sites (tertiary alicyclic amines) is 1. The fraction of sp³-hybridized carbons (Fsp3) is 0.625. The average Bonchev–Trinajstić information content (AvgIpc) is 3.38. The zero-order valence-electron chi connectivity index (χ0n) is 18.8. The van der Waals surface area contributed by atoms with Crippen LogP contribution in [-0.2, 0) is 14.4 Å². The van der Waals surface area contributed by atoms with Crippen molar-refractivity contribution in [3.8, 4) is 0 Å². The minimum absolute atomic E-state index is 0.0480. The second-order valence-electron chi connectivity index (χ2n) is 9.13. The van der Waals surface area contributed by atoms with Gasteiger partial charge in [-0.1, -0.05) is 47.5 Å². The number of hydrogen-bond acceptors (Lipinski definition) is 5. The molecule has 0 aliphatic carbocycles. The number of nitrogens with zero attached hydrogens (tertiary/aromatic N) is 1.